The fourth-order valence-corrected chi connectivity index (χ4v) is 1.62. The van der Waals surface area contributed by atoms with Gasteiger partial charge >= 0.3 is 11.7 Å². The second-order valence-corrected chi connectivity index (χ2v) is 4.71. The summed E-state index contributed by atoms with van der Waals surface area (Å²) in [4.78, 5) is 37.8. The topological polar surface area (TPSA) is 101 Å². The van der Waals surface area contributed by atoms with Crippen molar-refractivity contribution < 1.29 is 9.90 Å². The van der Waals surface area contributed by atoms with E-state index < -0.39 is 17.2 Å². The maximum atomic E-state index is 12.0. The van der Waals surface area contributed by atoms with Crippen molar-refractivity contribution in [3.63, 3.8) is 0 Å². The van der Waals surface area contributed by atoms with E-state index in [0.717, 1.165) is 9.25 Å². The van der Waals surface area contributed by atoms with Crippen molar-refractivity contribution in [1.29, 1.82) is 0 Å². The third-order valence-corrected chi connectivity index (χ3v) is 2.75. The van der Waals surface area contributed by atoms with E-state index in [-0.39, 0.29) is 12.4 Å². The van der Waals surface area contributed by atoms with Crippen LogP contribution in [0.3, 0.4) is 0 Å². The molecule has 1 aromatic heterocycles. The summed E-state index contributed by atoms with van der Waals surface area (Å²) in [6.45, 7) is 0.523. The van der Waals surface area contributed by atoms with Gasteiger partial charge in [-0.3, -0.25) is 14.2 Å². The summed E-state index contributed by atoms with van der Waals surface area (Å²) in [6, 6.07) is 0. The monoisotopic (exact) mass is 285 g/mol. The lowest BCUT2D eigenvalue weighted by Gasteiger charge is -2.23. The second kappa shape index (κ2) is 6.33. The first-order valence-electron chi connectivity index (χ1n) is 6.00. The van der Waals surface area contributed by atoms with Crippen molar-refractivity contribution in [3.8, 4) is 0 Å². The number of aromatic nitrogens is 3. The smallest absolute Gasteiger partial charge is 0.346 e. The van der Waals surface area contributed by atoms with Gasteiger partial charge in [0.05, 0.1) is 0 Å². The largest absolute Gasteiger partial charge is 0.480 e. The Bertz CT molecular complexity index is 604. The number of aliphatic carboxylic acids is 1. The van der Waals surface area contributed by atoms with E-state index in [9.17, 15) is 14.4 Å². The van der Waals surface area contributed by atoms with Crippen LogP contribution in [0.15, 0.2) is 9.59 Å². The van der Waals surface area contributed by atoms with Crippen molar-refractivity contribution >= 4 is 11.8 Å². The van der Waals surface area contributed by atoms with E-state index in [1.54, 1.807) is 0 Å². The predicted molar refractivity (Wildman–Crippen MR) is 73.1 cm³/mol. The molecular weight excluding hydrogens is 266 g/mol. The Kier molecular flexibility index (Phi) is 5.03. The number of anilines is 1. The molecule has 0 unspecified atom stereocenters. The van der Waals surface area contributed by atoms with Gasteiger partial charge in [-0.1, -0.05) is 0 Å². The number of hydrogen-bond donors (Lipinski definition) is 1. The molecule has 1 N–H and O–H groups in total. The van der Waals surface area contributed by atoms with Gasteiger partial charge in [-0.05, 0) is 14.1 Å². The van der Waals surface area contributed by atoms with Crippen LogP contribution in [0.5, 0.6) is 0 Å². The molecule has 9 heteroatoms. The van der Waals surface area contributed by atoms with Crippen LogP contribution in [0.25, 0.3) is 0 Å². The van der Waals surface area contributed by atoms with E-state index in [1.165, 1.54) is 19.0 Å². The number of likely N-dealkylation sites (N-methyl/N-ethyl adjacent to an activating group) is 1. The van der Waals surface area contributed by atoms with E-state index in [0.29, 0.717) is 13.1 Å². The first-order valence-corrected chi connectivity index (χ1v) is 6.00. The summed E-state index contributed by atoms with van der Waals surface area (Å²) in [7, 11) is 6.42. The highest BCUT2D eigenvalue weighted by molar-refractivity contribution is 5.72. The minimum absolute atomic E-state index is 0.0427. The van der Waals surface area contributed by atoms with Crippen molar-refractivity contribution in [2.75, 3.05) is 38.6 Å². The van der Waals surface area contributed by atoms with Crippen molar-refractivity contribution in [2.24, 2.45) is 14.1 Å². The quantitative estimate of drug-likeness (QED) is 0.641. The number of carboxylic acid groups (broad SMARTS) is 1. The Morgan fingerprint density at radius 1 is 1.25 bits per heavy atom. The van der Waals surface area contributed by atoms with Crippen LogP contribution in [0, 0.1) is 0 Å². The average Bonchev–Trinajstić information content (AvgIpc) is 2.36. The second-order valence-electron chi connectivity index (χ2n) is 4.71. The van der Waals surface area contributed by atoms with Gasteiger partial charge in [-0.25, -0.2) is 9.48 Å². The van der Waals surface area contributed by atoms with Gasteiger partial charge in [-0.2, -0.15) is 0 Å². The summed E-state index contributed by atoms with van der Waals surface area (Å²) in [6.07, 6.45) is 0. The summed E-state index contributed by atoms with van der Waals surface area (Å²) in [5, 5.41) is 12.8. The van der Waals surface area contributed by atoms with Crippen LogP contribution in [0.4, 0.5) is 5.82 Å². The van der Waals surface area contributed by atoms with Crippen molar-refractivity contribution in [3.05, 3.63) is 20.8 Å². The lowest BCUT2D eigenvalue weighted by molar-refractivity contribution is -0.135. The SMILES string of the molecule is CN(C)CCN(CC(=O)O)c1nn(C)c(=O)n(C)c1=O. The molecule has 0 aromatic carbocycles. The van der Waals surface area contributed by atoms with Gasteiger partial charge < -0.3 is 14.9 Å². The number of carbonyl (C=O) groups is 1. The number of nitrogens with zero attached hydrogens (tertiary/aromatic N) is 5. The van der Waals surface area contributed by atoms with Crippen LogP contribution >= 0.6 is 0 Å². The fourth-order valence-electron chi connectivity index (χ4n) is 1.62. The van der Waals surface area contributed by atoms with Gasteiger partial charge in [0.2, 0.25) is 5.82 Å². The molecule has 1 rings (SSSR count). The van der Waals surface area contributed by atoms with Crippen LogP contribution < -0.4 is 16.1 Å². The van der Waals surface area contributed by atoms with E-state index >= 15 is 0 Å². The first kappa shape index (κ1) is 15.9. The van der Waals surface area contributed by atoms with E-state index in [1.807, 2.05) is 19.0 Å². The van der Waals surface area contributed by atoms with Gasteiger partial charge in [0.25, 0.3) is 5.56 Å². The molecule has 0 saturated heterocycles. The molecular formula is C11H19N5O4. The molecule has 0 aliphatic heterocycles. The highest BCUT2D eigenvalue weighted by atomic mass is 16.4. The normalized spacial score (nSPS) is 10.8. The zero-order chi connectivity index (χ0) is 15.4. The summed E-state index contributed by atoms with van der Waals surface area (Å²) in [5.74, 6) is -1.11. The van der Waals surface area contributed by atoms with Crippen LogP contribution in [-0.2, 0) is 18.9 Å². The molecule has 0 atom stereocenters. The third kappa shape index (κ3) is 3.67. The molecule has 0 saturated carbocycles. The van der Waals surface area contributed by atoms with Gasteiger partial charge in [0, 0.05) is 27.2 Å². The Labute approximate surface area is 115 Å². The van der Waals surface area contributed by atoms with Crippen LogP contribution in [0.2, 0.25) is 0 Å². The molecule has 0 fully saturated rings. The molecule has 1 aromatic rings. The number of carboxylic acids is 1. The molecule has 0 radical (unpaired) electrons. The zero-order valence-corrected chi connectivity index (χ0v) is 12.0. The van der Waals surface area contributed by atoms with Crippen LogP contribution in [0.1, 0.15) is 0 Å². The van der Waals surface area contributed by atoms with Gasteiger partial charge in [-0.15, -0.1) is 5.10 Å². The minimum atomic E-state index is -1.07. The fraction of sp³-hybridized carbons (Fsp3) is 0.636. The highest BCUT2D eigenvalue weighted by Gasteiger charge is 2.18. The zero-order valence-electron chi connectivity index (χ0n) is 12.0. The standard InChI is InChI=1S/C11H19N5O4/c1-13(2)5-6-16(7-8(17)18)9-10(19)14(3)11(20)15(4)12-9/h5-7H2,1-4H3,(H,17,18). The van der Waals surface area contributed by atoms with E-state index in [4.69, 9.17) is 5.11 Å². The van der Waals surface area contributed by atoms with E-state index in [2.05, 4.69) is 5.10 Å². The number of hydrogen-bond acceptors (Lipinski definition) is 6. The Hall–Kier alpha value is -2.16. The molecule has 0 aliphatic rings. The highest BCUT2D eigenvalue weighted by Crippen LogP contribution is 2.01. The lowest BCUT2D eigenvalue weighted by Crippen LogP contribution is -2.45. The summed E-state index contributed by atoms with van der Waals surface area (Å²) < 4.78 is 1.92. The molecule has 112 valence electrons. The maximum absolute atomic E-state index is 12.0. The minimum Gasteiger partial charge on any atom is -0.480 e. The molecule has 20 heavy (non-hydrogen) atoms. The Balaban J connectivity index is 3.23. The molecule has 0 aliphatic carbocycles. The Morgan fingerprint density at radius 3 is 2.35 bits per heavy atom. The predicted octanol–water partition coefficient (Wildman–Crippen LogP) is -2.07. The molecule has 0 bridgehead atoms. The third-order valence-electron chi connectivity index (χ3n) is 2.75. The maximum Gasteiger partial charge on any atom is 0.346 e. The van der Waals surface area contributed by atoms with Crippen molar-refractivity contribution in [1.82, 2.24) is 19.2 Å². The average molecular weight is 285 g/mol. The number of aryl methyl sites for hydroxylation is 1. The Morgan fingerprint density at radius 2 is 1.85 bits per heavy atom. The molecule has 1 heterocycles. The molecule has 0 amide bonds. The molecule has 0 spiro atoms. The summed E-state index contributed by atoms with van der Waals surface area (Å²) >= 11 is 0. The number of rotatable bonds is 6. The summed E-state index contributed by atoms with van der Waals surface area (Å²) in [5.41, 5.74) is -1.16. The lowest BCUT2D eigenvalue weighted by atomic mass is 10.4. The first-order chi connectivity index (χ1) is 9.23. The van der Waals surface area contributed by atoms with Crippen molar-refractivity contribution in [2.45, 2.75) is 0 Å². The molecule has 9 nitrogen and oxygen atoms in total. The van der Waals surface area contributed by atoms with Gasteiger partial charge in [0.15, 0.2) is 0 Å². The van der Waals surface area contributed by atoms with Gasteiger partial charge in [0.1, 0.15) is 6.54 Å². The van der Waals surface area contributed by atoms with Crippen LogP contribution in [-0.4, -0.2) is 64.1 Å².